The number of ether oxygens (including phenoxy) is 1. The van der Waals surface area contributed by atoms with Gasteiger partial charge < -0.3 is 15.2 Å². The Bertz CT molecular complexity index is 573. The molecule has 0 aliphatic rings. The van der Waals surface area contributed by atoms with E-state index in [4.69, 9.17) is 9.84 Å². The second-order valence-corrected chi connectivity index (χ2v) is 4.51. The third-order valence-electron chi connectivity index (χ3n) is 2.99. The lowest BCUT2D eigenvalue weighted by atomic mass is 10.2. The second-order valence-electron chi connectivity index (χ2n) is 4.51. The summed E-state index contributed by atoms with van der Waals surface area (Å²) in [6, 6.07) is 10.6. The molecule has 0 aliphatic heterocycles. The van der Waals surface area contributed by atoms with E-state index in [1.165, 1.54) is 11.6 Å². The Labute approximate surface area is 123 Å². The summed E-state index contributed by atoms with van der Waals surface area (Å²) in [5.41, 5.74) is 1.42. The van der Waals surface area contributed by atoms with Crippen molar-refractivity contribution in [2.45, 2.75) is 6.42 Å². The molecule has 0 saturated carbocycles. The maximum Gasteiger partial charge on any atom is 0.339 e. The van der Waals surface area contributed by atoms with Gasteiger partial charge in [0.05, 0.1) is 0 Å². The molecule has 110 valence electrons. The number of aromatic carboxylic acids is 1. The SMILES string of the molecule is O=C(O)c1ccccc1OCCNCCc1ccncc1. The van der Waals surface area contributed by atoms with E-state index in [0.29, 0.717) is 18.9 Å². The van der Waals surface area contributed by atoms with Crippen molar-refractivity contribution >= 4 is 5.97 Å². The monoisotopic (exact) mass is 286 g/mol. The van der Waals surface area contributed by atoms with Crippen LogP contribution in [0.5, 0.6) is 5.75 Å². The van der Waals surface area contributed by atoms with Crippen LogP contribution in [0.15, 0.2) is 48.8 Å². The fourth-order valence-electron chi connectivity index (χ4n) is 1.91. The molecule has 0 unspecified atom stereocenters. The lowest BCUT2D eigenvalue weighted by Gasteiger charge is -2.09. The second kappa shape index (κ2) is 8.01. The third kappa shape index (κ3) is 4.89. The van der Waals surface area contributed by atoms with Gasteiger partial charge in [-0.05, 0) is 42.8 Å². The summed E-state index contributed by atoms with van der Waals surface area (Å²) in [7, 11) is 0. The van der Waals surface area contributed by atoms with E-state index >= 15 is 0 Å². The van der Waals surface area contributed by atoms with Crippen molar-refractivity contribution in [1.82, 2.24) is 10.3 Å². The van der Waals surface area contributed by atoms with Gasteiger partial charge in [0.15, 0.2) is 0 Å². The standard InChI is InChI=1S/C16H18N2O3/c19-16(20)14-3-1-2-4-15(14)21-12-11-18-10-7-13-5-8-17-9-6-13/h1-6,8-9,18H,7,10-12H2,(H,19,20). The van der Waals surface area contributed by atoms with Crippen LogP contribution in [-0.2, 0) is 6.42 Å². The molecule has 2 aromatic rings. The number of carboxylic acid groups (broad SMARTS) is 1. The van der Waals surface area contributed by atoms with Gasteiger partial charge >= 0.3 is 5.97 Å². The van der Waals surface area contributed by atoms with Gasteiger partial charge in [0.2, 0.25) is 0 Å². The largest absolute Gasteiger partial charge is 0.491 e. The number of rotatable bonds is 8. The van der Waals surface area contributed by atoms with Crippen LogP contribution in [0.1, 0.15) is 15.9 Å². The summed E-state index contributed by atoms with van der Waals surface area (Å²) in [6.07, 6.45) is 4.48. The van der Waals surface area contributed by atoms with Crippen LogP contribution in [0.2, 0.25) is 0 Å². The van der Waals surface area contributed by atoms with Crippen LogP contribution < -0.4 is 10.1 Å². The molecule has 5 nitrogen and oxygen atoms in total. The van der Waals surface area contributed by atoms with Crippen LogP contribution >= 0.6 is 0 Å². The average molecular weight is 286 g/mol. The van der Waals surface area contributed by atoms with E-state index in [2.05, 4.69) is 10.3 Å². The maximum absolute atomic E-state index is 11.0. The van der Waals surface area contributed by atoms with E-state index in [1.54, 1.807) is 30.6 Å². The van der Waals surface area contributed by atoms with Crippen LogP contribution in [0.3, 0.4) is 0 Å². The number of benzene rings is 1. The highest BCUT2D eigenvalue weighted by atomic mass is 16.5. The molecular formula is C16H18N2O3. The van der Waals surface area contributed by atoms with Gasteiger partial charge in [-0.3, -0.25) is 4.98 Å². The minimum absolute atomic E-state index is 0.189. The molecule has 0 radical (unpaired) electrons. The van der Waals surface area contributed by atoms with Crippen molar-refractivity contribution in [2.75, 3.05) is 19.7 Å². The molecule has 0 fully saturated rings. The van der Waals surface area contributed by atoms with Gasteiger partial charge in [0.25, 0.3) is 0 Å². The van der Waals surface area contributed by atoms with Gasteiger partial charge in [-0.15, -0.1) is 0 Å². The quantitative estimate of drug-likeness (QED) is 0.726. The Morgan fingerprint density at radius 3 is 2.67 bits per heavy atom. The summed E-state index contributed by atoms with van der Waals surface area (Å²) in [4.78, 5) is 15.0. The van der Waals surface area contributed by atoms with Crippen molar-refractivity contribution in [3.05, 3.63) is 59.9 Å². The number of hydrogen-bond acceptors (Lipinski definition) is 4. The van der Waals surface area contributed by atoms with E-state index in [1.807, 2.05) is 12.1 Å². The van der Waals surface area contributed by atoms with Crippen molar-refractivity contribution < 1.29 is 14.6 Å². The Kier molecular flexibility index (Phi) is 5.72. The summed E-state index contributed by atoms with van der Waals surface area (Å²) < 4.78 is 5.50. The third-order valence-corrected chi connectivity index (χ3v) is 2.99. The topological polar surface area (TPSA) is 71.5 Å². The molecule has 0 atom stereocenters. The van der Waals surface area contributed by atoms with Gasteiger partial charge in [-0.2, -0.15) is 0 Å². The number of nitrogens with one attached hydrogen (secondary N) is 1. The molecule has 0 amide bonds. The summed E-state index contributed by atoms with van der Waals surface area (Å²) >= 11 is 0. The van der Waals surface area contributed by atoms with E-state index in [-0.39, 0.29) is 5.56 Å². The van der Waals surface area contributed by atoms with Gasteiger partial charge in [0, 0.05) is 18.9 Å². The van der Waals surface area contributed by atoms with Crippen LogP contribution in [0, 0.1) is 0 Å². The Hall–Kier alpha value is -2.40. The zero-order chi connectivity index (χ0) is 14.9. The number of nitrogens with zero attached hydrogens (tertiary/aromatic N) is 1. The molecule has 1 heterocycles. The number of hydrogen-bond donors (Lipinski definition) is 2. The minimum Gasteiger partial charge on any atom is -0.491 e. The molecule has 21 heavy (non-hydrogen) atoms. The number of carbonyl (C=O) groups is 1. The predicted molar refractivity (Wildman–Crippen MR) is 79.7 cm³/mol. The first-order valence-electron chi connectivity index (χ1n) is 6.82. The number of aromatic nitrogens is 1. The van der Waals surface area contributed by atoms with E-state index in [0.717, 1.165) is 13.0 Å². The lowest BCUT2D eigenvalue weighted by molar-refractivity contribution is 0.0692. The summed E-state index contributed by atoms with van der Waals surface area (Å²) in [6.45, 7) is 1.94. The fourth-order valence-corrected chi connectivity index (χ4v) is 1.91. The highest BCUT2D eigenvalue weighted by molar-refractivity contribution is 5.90. The molecule has 0 aliphatic carbocycles. The van der Waals surface area contributed by atoms with Crippen LogP contribution in [0.4, 0.5) is 0 Å². The summed E-state index contributed by atoms with van der Waals surface area (Å²) in [5.74, 6) is -0.572. The Balaban J connectivity index is 1.67. The van der Waals surface area contributed by atoms with Crippen molar-refractivity contribution in [3.63, 3.8) is 0 Å². The smallest absolute Gasteiger partial charge is 0.339 e. The first-order chi connectivity index (χ1) is 10.3. The highest BCUT2D eigenvalue weighted by Gasteiger charge is 2.09. The maximum atomic E-state index is 11.0. The molecule has 0 spiro atoms. The molecule has 1 aromatic heterocycles. The van der Waals surface area contributed by atoms with Gasteiger partial charge in [-0.25, -0.2) is 4.79 Å². The zero-order valence-corrected chi connectivity index (χ0v) is 11.7. The molecular weight excluding hydrogens is 268 g/mol. The molecule has 1 aromatic carbocycles. The first-order valence-corrected chi connectivity index (χ1v) is 6.82. The van der Waals surface area contributed by atoms with Gasteiger partial charge in [0.1, 0.15) is 17.9 Å². The van der Waals surface area contributed by atoms with E-state index < -0.39 is 5.97 Å². The van der Waals surface area contributed by atoms with E-state index in [9.17, 15) is 4.79 Å². The Morgan fingerprint density at radius 1 is 1.14 bits per heavy atom. The van der Waals surface area contributed by atoms with Crippen LogP contribution in [0.25, 0.3) is 0 Å². The molecule has 0 bridgehead atoms. The molecule has 2 rings (SSSR count). The molecule has 2 N–H and O–H groups in total. The number of carboxylic acids is 1. The minimum atomic E-state index is -0.976. The van der Waals surface area contributed by atoms with Crippen molar-refractivity contribution in [2.24, 2.45) is 0 Å². The van der Waals surface area contributed by atoms with Crippen molar-refractivity contribution in [1.29, 1.82) is 0 Å². The highest BCUT2D eigenvalue weighted by Crippen LogP contribution is 2.17. The first kappa shape index (κ1) is 15.0. The lowest BCUT2D eigenvalue weighted by Crippen LogP contribution is -2.23. The normalized spacial score (nSPS) is 10.3. The summed E-state index contributed by atoms with van der Waals surface area (Å²) in [5, 5.41) is 12.3. The predicted octanol–water partition coefficient (Wildman–Crippen LogP) is 1.99. The number of pyridine rings is 1. The molecule has 0 saturated heterocycles. The van der Waals surface area contributed by atoms with Crippen molar-refractivity contribution in [3.8, 4) is 5.75 Å². The number of para-hydroxylation sites is 1. The average Bonchev–Trinajstić information content (AvgIpc) is 2.52. The zero-order valence-electron chi connectivity index (χ0n) is 11.7. The van der Waals surface area contributed by atoms with Crippen LogP contribution in [-0.4, -0.2) is 35.8 Å². The Morgan fingerprint density at radius 2 is 1.90 bits per heavy atom. The van der Waals surface area contributed by atoms with Gasteiger partial charge in [-0.1, -0.05) is 12.1 Å². The molecule has 5 heteroatoms. The fraction of sp³-hybridized carbons (Fsp3) is 0.250.